The first-order valence-electron chi connectivity index (χ1n) is 7.16. The van der Waals surface area contributed by atoms with E-state index in [4.69, 9.17) is 4.74 Å². The van der Waals surface area contributed by atoms with Gasteiger partial charge in [0.15, 0.2) is 0 Å². The van der Waals surface area contributed by atoms with Crippen molar-refractivity contribution in [3.8, 4) is 0 Å². The second-order valence-electron chi connectivity index (χ2n) is 6.82. The number of ether oxygens (including phenoxy) is 1. The fourth-order valence-corrected chi connectivity index (χ4v) is 2.89. The van der Waals surface area contributed by atoms with Gasteiger partial charge in [0.2, 0.25) is 5.91 Å². The molecule has 0 aliphatic carbocycles. The lowest BCUT2D eigenvalue weighted by Gasteiger charge is -2.44. The molecular formula is C14H24N2O4. The van der Waals surface area contributed by atoms with Crippen molar-refractivity contribution in [2.45, 2.75) is 51.7 Å². The quantitative estimate of drug-likeness (QED) is 0.692. The number of carbonyl (C=O) groups excluding carboxylic acids is 2. The molecule has 0 aromatic rings. The molecule has 114 valence electrons. The minimum atomic E-state index is -0.518. The van der Waals surface area contributed by atoms with Crippen LogP contribution in [0.2, 0.25) is 0 Å². The first-order chi connectivity index (χ1) is 9.22. The van der Waals surface area contributed by atoms with Crippen LogP contribution in [0, 0.1) is 5.41 Å². The first-order valence-corrected chi connectivity index (χ1v) is 7.16. The number of nitrogens with one attached hydrogen (secondary N) is 1. The molecule has 2 saturated heterocycles. The third-order valence-corrected chi connectivity index (χ3v) is 3.98. The van der Waals surface area contributed by atoms with E-state index < -0.39 is 17.1 Å². The standard InChI is InChI=1S/C14H24N2O4/c1-13(2,3)20-12(19)16-6-4-14(5-7-16)8-10(17)9-15-11(14)18/h10,17H,4-9H2,1-3H3,(H,15,18). The number of rotatable bonds is 0. The summed E-state index contributed by atoms with van der Waals surface area (Å²) in [5.74, 6) is 0.00615. The maximum absolute atomic E-state index is 12.1. The van der Waals surface area contributed by atoms with Crippen molar-refractivity contribution in [1.82, 2.24) is 10.2 Å². The number of carbonyl (C=O) groups is 2. The molecule has 2 amide bonds. The van der Waals surface area contributed by atoms with Gasteiger partial charge in [-0.25, -0.2) is 4.79 Å². The monoisotopic (exact) mass is 284 g/mol. The summed E-state index contributed by atoms with van der Waals surface area (Å²) < 4.78 is 5.34. The van der Waals surface area contributed by atoms with Crippen LogP contribution in [0.4, 0.5) is 4.79 Å². The summed E-state index contributed by atoms with van der Waals surface area (Å²) in [6.07, 6.45) is 0.829. The lowest BCUT2D eigenvalue weighted by Crippen LogP contribution is -2.56. The fraction of sp³-hybridized carbons (Fsp3) is 0.857. The van der Waals surface area contributed by atoms with E-state index in [0.717, 1.165) is 0 Å². The molecule has 2 N–H and O–H groups in total. The highest BCUT2D eigenvalue weighted by Crippen LogP contribution is 2.38. The molecule has 2 heterocycles. The van der Waals surface area contributed by atoms with E-state index in [-0.39, 0.29) is 12.0 Å². The minimum absolute atomic E-state index is 0.00615. The number of piperidine rings is 2. The van der Waals surface area contributed by atoms with E-state index in [1.807, 2.05) is 20.8 Å². The first kappa shape index (κ1) is 15.1. The number of aliphatic hydroxyl groups excluding tert-OH is 1. The molecule has 0 bridgehead atoms. The van der Waals surface area contributed by atoms with Gasteiger partial charge in [-0.1, -0.05) is 0 Å². The normalized spacial score (nSPS) is 26.3. The van der Waals surface area contributed by atoms with Crippen molar-refractivity contribution in [3.63, 3.8) is 0 Å². The molecule has 0 aromatic carbocycles. The SMILES string of the molecule is CC(C)(C)OC(=O)N1CCC2(CC1)CC(O)CNC2=O. The van der Waals surface area contributed by atoms with Gasteiger partial charge in [0, 0.05) is 19.6 Å². The van der Waals surface area contributed by atoms with Gasteiger partial charge in [-0.3, -0.25) is 4.79 Å². The smallest absolute Gasteiger partial charge is 0.410 e. The van der Waals surface area contributed by atoms with Crippen LogP contribution in [0.5, 0.6) is 0 Å². The van der Waals surface area contributed by atoms with Gasteiger partial charge in [-0.05, 0) is 40.0 Å². The molecule has 2 aliphatic heterocycles. The van der Waals surface area contributed by atoms with E-state index >= 15 is 0 Å². The Kier molecular flexibility index (Phi) is 3.95. The highest BCUT2D eigenvalue weighted by Gasteiger charge is 2.46. The predicted molar refractivity (Wildman–Crippen MR) is 73.1 cm³/mol. The summed E-state index contributed by atoms with van der Waals surface area (Å²) in [4.78, 5) is 25.7. The van der Waals surface area contributed by atoms with Gasteiger partial charge in [0.05, 0.1) is 11.5 Å². The number of hydrogen-bond acceptors (Lipinski definition) is 4. The topological polar surface area (TPSA) is 78.9 Å². The largest absolute Gasteiger partial charge is 0.444 e. The fourth-order valence-electron chi connectivity index (χ4n) is 2.89. The van der Waals surface area contributed by atoms with E-state index in [2.05, 4.69) is 5.32 Å². The van der Waals surface area contributed by atoms with Crippen LogP contribution < -0.4 is 5.32 Å². The molecule has 6 nitrogen and oxygen atoms in total. The van der Waals surface area contributed by atoms with E-state index in [1.54, 1.807) is 4.90 Å². The molecule has 6 heteroatoms. The maximum Gasteiger partial charge on any atom is 0.410 e. The third-order valence-electron chi connectivity index (χ3n) is 3.98. The summed E-state index contributed by atoms with van der Waals surface area (Å²) >= 11 is 0. The van der Waals surface area contributed by atoms with Gasteiger partial charge in [-0.2, -0.15) is 0 Å². The van der Waals surface area contributed by atoms with Crippen molar-refractivity contribution in [1.29, 1.82) is 0 Å². The van der Waals surface area contributed by atoms with Gasteiger partial charge < -0.3 is 20.1 Å². The van der Waals surface area contributed by atoms with Gasteiger partial charge in [-0.15, -0.1) is 0 Å². The van der Waals surface area contributed by atoms with Crippen LogP contribution in [0.3, 0.4) is 0 Å². The maximum atomic E-state index is 12.1. The molecule has 1 spiro atoms. The van der Waals surface area contributed by atoms with E-state index in [0.29, 0.717) is 38.9 Å². The summed E-state index contributed by atoms with van der Waals surface area (Å²) in [7, 11) is 0. The Morgan fingerprint density at radius 1 is 1.40 bits per heavy atom. The van der Waals surface area contributed by atoms with Crippen LogP contribution in [-0.2, 0) is 9.53 Å². The second kappa shape index (κ2) is 5.24. The van der Waals surface area contributed by atoms with Crippen molar-refractivity contribution in [2.75, 3.05) is 19.6 Å². The Bertz CT molecular complexity index is 394. The molecule has 1 unspecified atom stereocenters. The zero-order valence-electron chi connectivity index (χ0n) is 12.4. The molecule has 0 aromatic heterocycles. The lowest BCUT2D eigenvalue weighted by atomic mass is 9.71. The average Bonchev–Trinajstić information content (AvgIpc) is 2.33. The number of aliphatic hydroxyl groups is 1. The number of hydrogen-bond donors (Lipinski definition) is 2. The number of likely N-dealkylation sites (tertiary alicyclic amines) is 1. The average molecular weight is 284 g/mol. The summed E-state index contributed by atoms with van der Waals surface area (Å²) in [5, 5.41) is 12.5. The Hall–Kier alpha value is -1.30. The third kappa shape index (κ3) is 3.23. The molecule has 0 saturated carbocycles. The van der Waals surface area contributed by atoms with Gasteiger partial charge in [0.1, 0.15) is 5.60 Å². The van der Waals surface area contributed by atoms with Crippen LogP contribution in [0.25, 0.3) is 0 Å². The van der Waals surface area contributed by atoms with Crippen LogP contribution >= 0.6 is 0 Å². The molecule has 2 fully saturated rings. The van der Waals surface area contributed by atoms with Crippen molar-refractivity contribution in [2.24, 2.45) is 5.41 Å². The Labute approximate surface area is 119 Å². The van der Waals surface area contributed by atoms with Gasteiger partial charge in [0.25, 0.3) is 0 Å². The Morgan fingerprint density at radius 3 is 2.55 bits per heavy atom. The predicted octanol–water partition coefficient (Wildman–Crippen LogP) is 0.884. The van der Waals surface area contributed by atoms with Crippen LogP contribution in [0.1, 0.15) is 40.0 Å². The second-order valence-corrected chi connectivity index (χ2v) is 6.82. The number of amides is 2. The zero-order chi connectivity index (χ0) is 15.0. The minimum Gasteiger partial charge on any atom is -0.444 e. The zero-order valence-corrected chi connectivity index (χ0v) is 12.4. The van der Waals surface area contributed by atoms with Crippen molar-refractivity contribution < 1.29 is 19.4 Å². The van der Waals surface area contributed by atoms with E-state index in [9.17, 15) is 14.7 Å². The van der Waals surface area contributed by atoms with Crippen molar-refractivity contribution >= 4 is 12.0 Å². The van der Waals surface area contributed by atoms with E-state index in [1.165, 1.54) is 0 Å². The van der Waals surface area contributed by atoms with Crippen molar-refractivity contribution in [3.05, 3.63) is 0 Å². The summed E-state index contributed by atoms with van der Waals surface area (Å²) in [5.41, 5.74) is -1.03. The molecule has 0 radical (unpaired) electrons. The number of β-amino-alcohol motifs (C(OH)–C–C–N with tert-alkyl or cyclic N) is 1. The Balaban J connectivity index is 1.95. The van der Waals surface area contributed by atoms with Crippen LogP contribution in [-0.4, -0.2) is 53.3 Å². The molecule has 2 rings (SSSR count). The highest BCUT2D eigenvalue weighted by atomic mass is 16.6. The lowest BCUT2D eigenvalue weighted by molar-refractivity contribution is -0.140. The van der Waals surface area contributed by atoms with Gasteiger partial charge >= 0.3 is 6.09 Å². The Morgan fingerprint density at radius 2 is 2.00 bits per heavy atom. The summed E-state index contributed by atoms with van der Waals surface area (Å²) in [6, 6.07) is 0. The van der Waals surface area contributed by atoms with Crippen LogP contribution in [0.15, 0.2) is 0 Å². The summed E-state index contributed by atoms with van der Waals surface area (Å²) in [6.45, 7) is 6.82. The number of nitrogens with zero attached hydrogens (tertiary/aromatic N) is 1. The molecular weight excluding hydrogens is 260 g/mol. The highest BCUT2D eigenvalue weighted by molar-refractivity contribution is 5.84. The molecule has 20 heavy (non-hydrogen) atoms. The molecule has 1 atom stereocenters. The molecule has 2 aliphatic rings.